The molecule has 1 aromatic rings. The van der Waals surface area contributed by atoms with E-state index >= 15 is 0 Å². The second kappa shape index (κ2) is 9.12. The summed E-state index contributed by atoms with van der Waals surface area (Å²) in [5, 5.41) is 5.77. The molecule has 0 aromatic carbocycles. The summed E-state index contributed by atoms with van der Waals surface area (Å²) in [5.41, 5.74) is 0. The van der Waals surface area contributed by atoms with Crippen molar-refractivity contribution in [1.29, 1.82) is 0 Å². The number of rotatable bonds is 8. The first kappa shape index (κ1) is 17.2. The van der Waals surface area contributed by atoms with E-state index in [1.165, 1.54) is 12.8 Å². The minimum Gasteiger partial charge on any atom is -0.487 e. The quantitative estimate of drug-likeness (QED) is 0.766. The van der Waals surface area contributed by atoms with Gasteiger partial charge in [-0.15, -0.1) is 0 Å². The highest BCUT2D eigenvalue weighted by atomic mass is 16.5. The molecule has 1 saturated carbocycles. The molecule has 1 fully saturated rings. The molecule has 0 unspecified atom stereocenters. The molecule has 6 nitrogen and oxygen atoms in total. The largest absolute Gasteiger partial charge is 0.487 e. The molecular formula is C17H25N3O3. The van der Waals surface area contributed by atoms with Crippen LogP contribution >= 0.6 is 0 Å². The number of ether oxygens (including phenoxy) is 1. The van der Waals surface area contributed by atoms with Crippen molar-refractivity contribution in [2.75, 3.05) is 6.54 Å². The Morgan fingerprint density at radius 3 is 2.74 bits per heavy atom. The number of hydrogen-bond donors (Lipinski definition) is 2. The van der Waals surface area contributed by atoms with Crippen LogP contribution in [0.2, 0.25) is 0 Å². The second-order valence-electron chi connectivity index (χ2n) is 5.97. The summed E-state index contributed by atoms with van der Waals surface area (Å²) in [7, 11) is 0. The predicted molar refractivity (Wildman–Crippen MR) is 87.0 cm³/mol. The lowest BCUT2D eigenvalue weighted by Crippen LogP contribution is -2.36. The van der Waals surface area contributed by atoms with E-state index in [2.05, 4.69) is 15.6 Å². The lowest BCUT2D eigenvalue weighted by atomic mass is 10.2. The lowest BCUT2D eigenvalue weighted by molar-refractivity contribution is -0.126. The first-order valence-corrected chi connectivity index (χ1v) is 8.26. The Bertz CT molecular complexity index is 501. The molecule has 1 aliphatic carbocycles. The van der Waals surface area contributed by atoms with E-state index < -0.39 is 0 Å². The first-order chi connectivity index (χ1) is 11.1. The number of nitrogens with zero attached hydrogens (tertiary/aromatic N) is 1. The fourth-order valence-electron chi connectivity index (χ4n) is 2.63. The number of pyridine rings is 1. The number of carbonyl (C=O) groups is 2. The topological polar surface area (TPSA) is 80.3 Å². The van der Waals surface area contributed by atoms with Crippen molar-refractivity contribution in [2.45, 2.75) is 57.6 Å². The van der Waals surface area contributed by atoms with Gasteiger partial charge >= 0.3 is 0 Å². The third-order valence-corrected chi connectivity index (χ3v) is 3.86. The van der Waals surface area contributed by atoms with Crippen LogP contribution in [0.4, 0.5) is 0 Å². The van der Waals surface area contributed by atoms with Gasteiger partial charge in [-0.2, -0.15) is 0 Å². The highest BCUT2D eigenvalue weighted by molar-refractivity contribution is 5.83. The molecule has 1 heterocycles. The van der Waals surface area contributed by atoms with E-state index in [4.69, 9.17) is 4.74 Å². The zero-order valence-corrected chi connectivity index (χ0v) is 13.6. The monoisotopic (exact) mass is 319 g/mol. The lowest BCUT2D eigenvalue weighted by Gasteiger charge is -2.15. The van der Waals surface area contributed by atoms with Gasteiger partial charge in [0.2, 0.25) is 11.8 Å². The van der Waals surface area contributed by atoms with E-state index in [9.17, 15) is 9.59 Å². The van der Waals surface area contributed by atoms with E-state index in [0.717, 1.165) is 12.8 Å². The standard InChI is InChI=1S/C17H25N3O3/c1-13(23-15-7-4-10-18-12-15)11-19-16(21)8-9-17(22)20-14-5-2-3-6-14/h4,7,10,12-14H,2-3,5-6,8-9,11H2,1H3,(H,19,21)(H,20,22)/t13-/m1/s1. The maximum absolute atomic E-state index is 11.8. The van der Waals surface area contributed by atoms with Crippen molar-refractivity contribution in [1.82, 2.24) is 15.6 Å². The maximum atomic E-state index is 11.8. The van der Waals surface area contributed by atoms with Crippen LogP contribution in [0.5, 0.6) is 5.75 Å². The SMILES string of the molecule is C[C@H](CNC(=O)CCC(=O)NC1CCCC1)Oc1cccnc1. The van der Waals surface area contributed by atoms with Crippen molar-refractivity contribution >= 4 is 11.8 Å². The van der Waals surface area contributed by atoms with Gasteiger partial charge in [0.15, 0.2) is 0 Å². The molecule has 2 amide bonds. The summed E-state index contributed by atoms with van der Waals surface area (Å²) >= 11 is 0. The molecule has 2 rings (SSSR count). The molecule has 0 aliphatic heterocycles. The average molecular weight is 319 g/mol. The van der Waals surface area contributed by atoms with Gasteiger partial charge in [-0.25, -0.2) is 0 Å². The molecule has 0 saturated heterocycles. The van der Waals surface area contributed by atoms with Gasteiger partial charge in [-0.3, -0.25) is 14.6 Å². The van der Waals surface area contributed by atoms with Crippen LogP contribution in [-0.4, -0.2) is 35.5 Å². The van der Waals surface area contributed by atoms with E-state index in [-0.39, 0.29) is 30.8 Å². The van der Waals surface area contributed by atoms with Gasteiger partial charge < -0.3 is 15.4 Å². The van der Waals surface area contributed by atoms with Gasteiger partial charge in [0.05, 0.1) is 12.7 Å². The molecule has 1 aliphatic rings. The minimum atomic E-state index is -0.157. The second-order valence-corrected chi connectivity index (χ2v) is 5.97. The Labute approximate surface area is 137 Å². The van der Waals surface area contributed by atoms with E-state index in [1.54, 1.807) is 18.5 Å². The van der Waals surface area contributed by atoms with Crippen molar-refractivity contribution in [3.8, 4) is 5.75 Å². The summed E-state index contributed by atoms with van der Waals surface area (Å²) in [6.07, 6.45) is 8.07. The Balaban J connectivity index is 1.58. The van der Waals surface area contributed by atoms with Crippen LogP contribution in [0.1, 0.15) is 45.4 Å². The highest BCUT2D eigenvalue weighted by Crippen LogP contribution is 2.17. The van der Waals surface area contributed by atoms with Crippen LogP contribution in [-0.2, 0) is 9.59 Å². The number of nitrogens with one attached hydrogen (secondary N) is 2. The van der Waals surface area contributed by atoms with Crippen LogP contribution < -0.4 is 15.4 Å². The number of aromatic nitrogens is 1. The predicted octanol–water partition coefficient (Wildman–Crippen LogP) is 1.80. The fraction of sp³-hybridized carbons (Fsp3) is 0.588. The molecule has 1 aromatic heterocycles. The third kappa shape index (κ3) is 6.67. The van der Waals surface area contributed by atoms with Crippen LogP contribution in [0.3, 0.4) is 0 Å². The smallest absolute Gasteiger partial charge is 0.220 e. The van der Waals surface area contributed by atoms with Crippen molar-refractivity contribution < 1.29 is 14.3 Å². The van der Waals surface area contributed by atoms with E-state index in [1.807, 2.05) is 13.0 Å². The van der Waals surface area contributed by atoms with Crippen molar-refractivity contribution in [3.05, 3.63) is 24.5 Å². The maximum Gasteiger partial charge on any atom is 0.220 e. The summed E-state index contributed by atoms with van der Waals surface area (Å²) in [6, 6.07) is 3.92. The Hall–Kier alpha value is -2.11. The molecule has 23 heavy (non-hydrogen) atoms. The van der Waals surface area contributed by atoms with Crippen molar-refractivity contribution in [2.24, 2.45) is 0 Å². The summed E-state index contributed by atoms with van der Waals surface area (Å²) in [4.78, 5) is 27.5. The molecule has 1 atom stereocenters. The Kier molecular flexibility index (Phi) is 6.84. The average Bonchev–Trinajstić information content (AvgIpc) is 3.05. The fourth-order valence-corrected chi connectivity index (χ4v) is 2.63. The molecule has 0 spiro atoms. The minimum absolute atomic E-state index is 0.0355. The molecule has 0 radical (unpaired) electrons. The summed E-state index contributed by atoms with van der Waals surface area (Å²) in [6.45, 7) is 2.28. The van der Waals surface area contributed by atoms with Crippen LogP contribution in [0.25, 0.3) is 0 Å². The van der Waals surface area contributed by atoms with Crippen LogP contribution in [0.15, 0.2) is 24.5 Å². The van der Waals surface area contributed by atoms with Gasteiger partial charge in [-0.1, -0.05) is 12.8 Å². The third-order valence-electron chi connectivity index (χ3n) is 3.86. The molecule has 6 heteroatoms. The summed E-state index contributed by atoms with van der Waals surface area (Å²) in [5.74, 6) is 0.505. The zero-order valence-electron chi connectivity index (χ0n) is 13.6. The Morgan fingerprint density at radius 1 is 1.30 bits per heavy atom. The van der Waals surface area contributed by atoms with Crippen LogP contribution in [0, 0.1) is 0 Å². The van der Waals surface area contributed by atoms with Gasteiger partial charge in [0.25, 0.3) is 0 Å². The van der Waals surface area contributed by atoms with Gasteiger partial charge in [-0.05, 0) is 31.9 Å². The van der Waals surface area contributed by atoms with Crippen molar-refractivity contribution in [3.63, 3.8) is 0 Å². The first-order valence-electron chi connectivity index (χ1n) is 8.26. The number of amides is 2. The van der Waals surface area contributed by atoms with Gasteiger partial charge in [0.1, 0.15) is 11.9 Å². The number of hydrogen-bond acceptors (Lipinski definition) is 4. The molecule has 2 N–H and O–H groups in total. The highest BCUT2D eigenvalue weighted by Gasteiger charge is 2.17. The molecule has 126 valence electrons. The Morgan fingerprint density at radius 2 is 2.04 bits per heavy atom. The zero-order chi connectivity index (χ0) is 16.5. The number of carbonyl (C=O) groups excluding carboxylic acids is 2. The van der Waals surface area contributed by atoms with Gasteiger partial charge in [0, 0.05) is 25.1 Å². The molecule has 0 bridgehead atoms. The van der Waals surface area contributed by atoms with E-state index in [0.29, 0.717) is 18.3 Å². The molecular weight excluding hydrogens is 294 g/mol. The summed E-state index contributed by atoms with van der Waals surface area (Å²) < 4.78 is 5.62. The normalized spacial score (nSPS) is 15.9.